The number of hydrogen-bond acceptors (Lipinski definition) is 5. The van der Waals surface area contributed by atoms with Gasteiger partial charge in [-0.15, -0.1) is 0 Å². The number of likely N-dealkylation sites (tertiary alicyclic amines) is 1. The molecule has 0 radical (unpaired) electrons. The molecular weight excluding hydrogens is 336 g/mol. The van der Waals surface area contributed by atoms with E-state index >= 15 is 0 Å². The third-order valence-corrected chi connectivity index (χ3v) is 6.09. The van der Waals surface area contributed by atoms with Gasteiger partial charge < -0.3 is 14.7 Å². The van der Waals surface area contributed by atoms with E-state index in [0.717, 1.165) is 25.7 Å². The maximum absolute atomic E-state index is 12.5. The molecule has 3 unspecified atom stereocenters. The summed E-state index contributed by atoms with van der Waals surface area (Å²) in [6.45, 7) is 1.85. The predicted octanol–water partition coefficient (Wildman–Crippen LogP) is 0.187. The van der Waals surface area contributed by atoms with E-state index < -0.39 is 34.5 Å². The highest BCUT2D eigenvalue weighted by Crippen LogP contribution is 2.39. The van der Waals surface area contributed by atoms with Gasteiger partial charge in [0.05, 0.1) is 18.9 Å². The molecule has 2 N–H and O–H groups in total. The second kappa shape index (κ2) is 8.26. The molecule has 1 saturated heterocycles. The smallest absolute Gasteiger partial charge is 0.326 e. The van der Waals surface area contributed by atoms with Gasteiger partial charge in [0.15, 0.2) is 0 Å². The molecule has 1 saturated carbocycles. The zero-order valence-electron chi connectivity index (χ0n) is 13.9. The predicted molar refractivity (Wildman–Crippen MR) is 86.9 cm³/mol. The zero-order valence-corrected chi connectivity index (χ0v) is 14.8. The maximum atomic E-state index is 12.5. The fourth-order valence-corrected chi connectivity index (χ4v) is 4.51. The highest BCUT2D eigenvalue weighted by atomic mass is 32.2. The Morgan fingerprint density at radius 3 is 2.67 bits per heavy atom. The molecule has 1 heterocycles. The molecule has 0 bridgehead atoms. The molecule has 8 nitrogen and oxygen atoms in total. The lowest BCUT2D eigenvalue weighted by Crippen LogP contribution is -2.50. The number of carbonyl (C=O) groups is 2. The topological polar surface area (TPSA) is 113 Å². The quantitative estimate of drug-likeness (QED) is 0.596. The molecule has 1 amide bonds. The molecule has 1 aliphatic carbocycles. The molecule has 2 rings (SSSR count). The average Bonchev–Trinajstić information content (AvgIpc) is 2.93. The van der Waals surface area contributed by atoms with Crippen molar-refractivity contribution in [2.45, 2.75) is 51.1 Å². The summed E-state index contributed by atoms with van der Waals surface area (Å²) < 4.78 is 30.9. The Morgan fingerprint density at radius 1 is 1.29 bits per heavy atom. The van der Waals surface area contributed by atoms with Gasteiger partial charge in [0.25, 0.3) is 0 Å². The minimum Gasteiger partial charge on any atom is -0.480 e. The van der Waals surface area contributed by atoms with E-state index in [1.54, 1.807) is 6.92 Å². The molecule has 0 spiro atoms. The van der Waals surface area contributed by atoms with Crippen LogP contribution in [0.2, 0.25) is 0 Å². The number of nitrogens with zero attached hydrogens (tertiary/aromatic N) is 1. The van der Waals surface area contributed by atoms with E-state index in [1.165, 1.54) is 4.90 Å². The first-order valence-electron chi connectivity index (χ1n) is 8.44. The summed E-state index contributed by atoms with van der Waals surface area (Å²) >= 11 is 0. The standard InChI is InChI=1S/C15H26N2O6S/c1-2-23-7-8-24(21,22)16-10-14(18)17-12-6-4-3-5-11(12)9-13(17)15(19)20/h11-13,16H,2-10H2,1H3,(H,19,20). The van der Waals surface area contributed by atoms with Gasteiger partial charge in [-0.25, -0.2) is 17.9 Å². The Hall–Kier alpha value is -1.19. The normalized spacial score (nSPS) is 27.0. The highest BCUT2D eigenvalue weighted by Gasteiger charge is 2.47. The lowest BCUT2D eigenvalue weighted by molar-refractivity contribution is -0.149. The molecule has 0 aromatic heterocycles. The fourth-order valence-electron chi connectivity index (χ4n) is 3.69. The second-order valence-electron chi connectivity index (χ2n) is 6.34. The van der Waals surface area contributed by atoms with E-state index in [0.29, 0.717) is 13.0 Å². The summed E-state index contributed by atoms with van der Waals surface area (Å²) in [4.78, 5) is 25.4. The molecule has 1 aliphatic heterocycles. The summed E-state index contributed by atoms with van der Waals surface area (Å²) in [7, 11) is -3.62. The highest BCUT2D eigenvalue weighted by molar-refractivity contribution is 7.89. The Morgan fingerprint density at radius 2 is 2.00 bits per heavy atom. The number of carbonyl (C=O) groups excluding carboxylic acids is 1. The number of nitrogens with one attached hydrogen (secondary N) is 1. The first-order chi connectivity index (χ1) is 11.4. The van der Waals surface area contributed by atoms with E-state index in [-0.39, 0.29) is 24.3 Å². The first-order valence-corrected chi connectivity index (χ1v) is 10.1. The number of carboxylic acids is 1. The van der Waals surface area contributed by atoms with Gasteiger partial charge in [-0.3, -0.25) is 4.79 Å². The lowest BCUT2D eigenvalue weighted by atomic mass is 9.85. The Kier molecular flexibility index (Phi) is 6.59. The van der Waals surface area contributed by atoms with Crippen LogP contribution in [-0.4, -0.2) is 67.9 Å². The van der Waals surface area contributed by atoms with Crippen LogP contribution in [-0.2, 0) is 24.3 Å². The molecule has 24 heavy (non-hydrogen) atoms. The van der Waals surface area contributed by atoms with Crippen LogP contribution < -0.4 is 4.72 Å². The van der Waals surface area contributed by atoms with Crippen molar-refractivity contribution < 1.29 is 27.9 Å². The van der Waals surface area contributed by atoms with Crippen LogP contribution >= 0.6 is 0 Å². The van der Waals surface area contributed by atoms with Gasteiger partial charge in [0, 0.05) is 12.6 Å². The summed E-state index contributed by atoms with van der Waals surface area (Å²) in [6.07, 6.45) is 4.20. The fraction of sp³-hybridized carbons (Fsp3) is 0.867. The minimum absolute atomic E-state index is 0.0617. The van der Waals surface area contributed by atoms with E-state index in [4.69, 9.17) is 4.74 Å². The van der Waals surface area contributed by atoms with E-state index in [1.807, 2.05) is 0 Å². The van der Waals surface area contributed by atoms with Crippen LogP contribution in [0.4, 0.5) is 0 Å². The van der Waals surface area contributed by atoms with Crippen molar-refractivity contribution in [2.24, 2.45) is 5.92 Å². The summed E-state index contributed by atoms with van der Waals surface area (Å²) in [5.74, 6) is -1.49. The molecule has 0 aromatic rings. The number of carboxylic acid groups (broad SMARTS) is 1. The number of amides is 1. The SMILES string of the molecule is CCOCCS(=O)(=O)NCC(=O)N1C(C(=O)O)CC2CCCCC21. The largest absolute Gasteiger partial charge is 0.480 e. The zero-order chi connectivity index (χ0) is 17.7. The van der Waals surface area contributed by atoms with Gasteiger partial charge in [-0.2, -0.15) is 0 Å². The van der Waals surface area contributed by atoms with Gasteiger partial charge in [-0.1, -0.05) is 12.8 Å². The Labute approximate surface area is 142 Å². The average molecular weight is 362 g/mol. The number of sulfonamides is 1. The lowest BCUT2D eigenvalue weighted by Gasteiger charge is -2.33. The molecule has 2 fully saturated rings. The van der Waals surface area contributed by atoms with Crippen molar-refractivity contribution in [3.8, 4) is 0 Å². The maximum Gasteiger partial charge on any atom is 0.326 e. The van der Waals surface area contributed by atoms with Crippen LogP contribution in [0.25, 0.3) is 0 Å². The number of fused-ring (bicyclic) bond motifs is 1. The van der Waals surface area contributed by atoms with E-state index in [2.05, 4.69) is 4.72 Å². The summed E-state index contributed by atoms with van der Waals surface area (Å²) in [5, 5.41) is 9.40. The number of aliphatic carboxylic acids is 1. The van der Waals surface area contributed by atoms with Gasteiger partial charge in [-0.05, 0) is 32.1 Å². The third kappa shape index (κ3) is 4.67. The van der Waals surface area contributed by atoms with Gasteiger partial charge >= 0.3 is 5.97 Å². The molecule has 138 valence electrons. The van der Waals surface area contributed by atoms with Gasteiger partial charge in [0.2, 0.25) is 15.9 Å². The second-order valence-corrected chi connectivity index (χ2v) is 8.27. The number of hydrogen-bond donors (Lipinski definition) is 2. The van der Waals surface area contributed by atoms with Crippen molar-refractivity contribution in [3.05, 3.63) is 0 Å². The third-order valence-electron chi connectivity index (χ3n) is 4.80. The van der Waals surface area contributed by atoms with Crippen molar-refractivity contribution in [2.75, 3.05) is 25.5 Å². The summed E-state index contributed by atoms with van der Waals surface area (Å²) in [6, 6.07) is -0.932. The monoisotopic (exact) mass is 362 g/mol. The Bertz CT molecular complexity index is 564. The van der Waals surface area contributed by atoms with Crippen molar-refractivity contribution >= 4 is 21.9 Å². The molecular formula is C15H26N2O6S. The molecule has 0 aromatic carbocycles. The van der Waals surface area contributed by atoms with Crippen molar-refractivity contribution in [1.82, 2.24) is 9.62 Å². The van der Waals surface area contributed by atoms with Crippen molar-refractivity contribution in [3.63, 3.8) is 0 Å². The van der Waals surface area contributed by atoms with Crippen LogP contribution in [0, 0.1) is 5.92 Å². The molecule has 3 atom stereocenters. The van der Waals surface area contributed by atoms with E-state index in [9.17, 15) is 23.1 Å². The van der Waals surface area contributed by atoms with Crippen LogP contribution in [0.5, 0.6) is 0 Å². The molecule has 2 aliphatic rings. The van der Waals surface area contributed by atoms with Crippen LogP contribution in [0.3, 0.4) is 0 Å². The minimum atomic E-state index is -3.62. The van der Waals surface area contributed by atoms with Crippen molar-refractivity contribution in [1.29, 1.82) is 0 Å². The number of rotatable bonds is 8. The molecule has 9 heteroatoms. The van der Waals surface area contributed by atoms with Crippen LogP contribution in [0.15, 0.2) is 0 Å². The van der Waals surface area contributed by atoms with Gasteiger partial charge in [0.1, 0.15) is 6.04 Å². The Balaban J connectivity index is 1.97. The number of ether oxygens (including phenoxy) is 1. The first kappa shape index (κ1) is 19.1. The summed E-state index contributed by atoms with van der Waals surface area (Å²) in [5.41, 5.74) is 0. The van der Waals surface area contributed by atoms with Crippen LogP contribution in [0.1, 0.15) is 39.0 Å².